The molecule has 0 heterocycles. The zero-order chi connectivity index (χ0) is 15.4. The fourth-order valence-corrected chi connectivity index (χ4v) is 2.31. The smallest absolute Gasteiger partial charge is 0.271 e. The Morgan fingerprint density at radius 3 is 2.62 bits per heavy atom. The van der Waals surface area contributed by atoms with Gasteiger partial charge in [0.2, 0.25) is 0 Å². The highest BCUT2D eigenvalue weighted by Crippen LogP contribution is 2.31. The summed E-state index contributed by atoms with van der Waals surface area (Å²) in [4.78, 5) is 10.2. The standard InChI is InChI=1S/C15H14ClFN2O2/c1-2-14(11-5-3-4-6-13(11)17)18-15-8-7-10(19(20)21)9-12(15)16/h3-9,14,18H,2H2,1H3. The van der Waals surface area contributed by atoms with Crippen molar-refractivity contribution in [2.24, 2.45) is 0 Å². The number of rotatable bonds is 5. The summed E-state index contributed by atoms with van der Waals surface area (Å²) in [6.07, 6.45) is 0.647. The van der Waals surface area contributed by atoms with Crippen LogP contribution in [0.2, 0.25) is 5.02 Å². The van der Waals surface area contributed by atoms with Crippen molar-refractivity contribution in [3.8, 4) is 0 Å². The summed E-state index contributed by atoms with van der Waals surface area (Å²) in [5.74, 6) is -0.296. The number of benzene rings is 2. The average molecular weight is 309 g/mol. The van der Waals surface area contributed by atoms with Crippen molar-refractivity contribution in [2.45, 2.75) is 19.4 Å². The molecule has 0 aliphatic heterocycles. The van der Waals surface area contributed by atoms with Gasteiger partial charge >= 0.3 is 0 Å². The third-order valence-corrected chi connectivity index (χ3v) is 3.49. The first kappa shape index (κ1) is 15.3. The first-order valence-corrected chi connectivity index (χ1v) is 6.85. The van der Waals surface area contributed by atoms with E-state index < -0.39 is 4.92 Å². The second kappa shape index (κ2) is 6.54. The molecule has 0 saturated heterocycles. The van der Waals surface area contributed by atoms with Crippen LogP contribution in [0.25, 0.3) is 0 Å². The molecule has 0 amide bonds. The van der Waals surface area contributed by atoms with E-state index in [1.807, 2.05) is 6.92 Å². The van der Waals surface area contributed by atoms with E-state index in [1.165, 1.54) is 24.3 Å². The number of halogens is 2. The number of nitro groups is 1. The average Bonchev–Trinajstić information content (AvgIpc) is 2.47. The maximum absolute atomic E-state index is 13.8. The van der Waals surface area contributed by atoms with E-state index in [-0.39, 0.29) is 22.6 Å². The predicted octanol–water partition coefficient (Wildman–Crippen LogP) is 4.95. The van der Waals surface area contributed by atoms with Gasteiger partial charge in [0, 0.05) is 17.7 Å². The van der Waals surface area contributed by atoms with Crippen LogP contribution in [-0.4, -0.2) is 4.92 Å². The Bertz CT molecular complexity index is 664. The fourth-order valence-electron chi connectivity index (χ4n) is 2.08. The van der Waals surface area contributed by atoms with E-state index in [2.05, 4.69) is 5.32 Å². The Labute approximate surface area is 126 Å². The summed E-state index contributed by atoms with van der Waals surface area (Å²) in [6.45, 7) is 1.92. The number of nitrogens with one attached hydrogen (secondary N) is 1. The maximum atomic E-state index is 13.8. The molecule has 0 radical (unpaired) electrons. The molecule has 0 aliphatic rings. The number of hydrogen-bond donors (Lipinski definition) is 1. The van der Waals surface area contributed by atoms with Crippen LogP contribution in [-0.2, 0) is 0 Å². The lowest BCUT2D eigenvalue weighted by Gasteiger charge is -2.20. The number of nitrogens with zero attached hydrogens (tertiary/aromatic N) is 1. The second-order valence-corrected chi connectivity index (χ2v) is 4.96. The molecule has 21 heavy (non-hydrogen) atoms. The summed E-state index contributed by atoms with van der Waals surface area (Å²) in [5.41, 5.74) is 0.997. The summed E-state index contributed by atoms with van der Waals surface area (Å²) >= 11 is 6.04. The largest absolute Gasteiger partial charge is 0.377 e. The molecule has 2 aromatic rings. The Morgan fingerprint density at radius 1 is 1.33 bits per heavy atom. The molecule has 0 saturated carbocycles. The van der Waals surface area contributed by atoms with Crippen molar-refractivity contribution < 1.29 is 9.31 Å². The monoisotopic (exact) mass is 308 g/mol. The maximum Gasteiger partial charge on any atom is 0.271 e. The van der Waals surface area contributed by atoms with Crippen LogP contribution in [0.15, 0.2) is 42.5 Å². The van der Waals surface area contributed by atoms with Crippen molar-refractivity contribution in [3.63, 3.8) is 0 Å². The summed E-state index contributed by atoms with van der Waals surface area (Å²) in [5, 5.41) is 14.0. The lowest BCUT2D eigenvalue weighted by molar-refractivity contribution is -0.384. The van der Waals surface area contributed by atoms with Crippen molar-refractivity contribution in [1.82, 2.24) is 0 Å². The number of nitro benzene ring substituents is 1. The molecule has 0 spiro atoms. The van der Waals surface area contributed by atoms with Crippen LogP contribution in [0.4, 0.5) is 15.8 Å². The van der Waals surface area contributed by atoms with Crippen LogP contribution in [0.3, 0.4) is 0 Å². The summed E-state index contributed by atoms with van der Waals surface area (Å²) < 4.78 is 13.8. The van der Waals surface area contributed by atoms with Gasteiger partial charge in [0.25, 0.3) is 5.69 Å². The Morgan fingerprint density at radius 2 is 2.05 bits per heavy atom. The van der Waals surface area contributed by atoms with Crippen LogP contribution >= 0.6 is 11.6 Å². The predicted molar refractivity (Wildman–Crippen MR) is 81.2 cm³/mol. The minimum Gasteiger partial charge on any atom is -0.377 e. The van der Waals surface area contributed by atoms with Crippen LogP contribution < -0.4 is 5.32 Å². The molecule has 110 valence electrons. The molecule has 0 aliphatic carbocycles. The molecular weight excluding hydrogens is 295 g/mol. The second-order valence-electron chi connectivity index (χ2n) is 4.55. The van der Waals surface area contributed by atoms with Crippen molar-refractivity contribution in [2.75, 3.05) is 5.32 Å². The quantitative estimate of drug-likeness (QED) is 0.628. The zero-order valence-corrected chi connectivity index (χ0v) is 12.1. The first-order chi connectivity index (χ1) is 10.0. The third-order valence-electron chi connectivity index (χ3n) is 3.18. The van der Waals surface area contributed by atoms with Crippen LogP contribution in [0.1, 0.15) is 24.9 Å². The molecule has 0 bridgehead atoms. The summed E-state index contributed by atoms with van der Waals surface area (Å²) in [7, 11) is 0. The highest BCUT2D eigenvalue weighted by Gasteiger charge is 2.16. The van der Waals surface area contributed by atoms with E-state index in [0.717, 1.165) is 0 Å². The van der Waals surface area contributed by atoms with E-state index in [1.54, 1.807) is 18.2 Å². The van der Waals surface area contributed by atoms with Crippen molar-refractivity contribution in [3.05, 3.63) is 69.0 Å². The Kier molecular flexibility index (Phi) is 4.75. The highest BCUT2D eigenvalue weighted by atomic mass is 35.5. The molecule has 6 heteroatoms. The highest BCUT2D eigenvalue weighted by molar-refractivity contribution is 6.33. The van der Waals surface area contributed by atoms with Gasteiger partial charge in [0.05, 0.1) is 21.7 Å². The van der Waals surface area contributed by atoms with Crippen molar-refractivity contribution >= 4 is 23.0 Å². The number of non-ortho nitro benzene ring substituents is 1. The van der Waals surface area contributed by atoms with Gasteiger partial charge in [-0.2, -0.15) is 0 Å². The number of hydrogen-bond acceptors (Lipinski definition) is 3. The Hall–Kier alpha value is -2.14. The third kappa shape index (κ3) is 3.49. The molecule has 1 atom stereocenters. The SMILES string of the molecule is CCC(Nc1ccc([N+](=O)[O-])cc1Cl)c1ccccc1F. The van der Waals surface area contributed by atoms with Gasteiger partial charge in [0.15, 0.2) is 0 Å². The van der Waals surface area contributed by atoms with E-state index in [4.69, 9.17) is 11.6 Å². The molecule has 0 aromatic heterocycles. The molecule has 1 unspecified atom stereocenters. The molecule has 2 rings (SSSR count). The minimum absolute atomic E-state index is 0.0792. The van der Waals surface area contributed by atoms with Gasteiger partial charge in [-0.3, -0.25) is 10.1 Å². The molecule has 4 nitrogen and oxygen atoms in total. The lowest BCUT2D eigenvalue weighted by Crippen LogP contribution is -2.11. The van der Waals surface area contributed by atoms with Crippen molar-refractivity contribution in [1.29, 1.82) is 0 Å². The van der Waals surface area contributed by atoms with E-state index in [9.17, 15) is 14.5 Å². The van der Waals surface area contributed by atoms with Crippen LogP contribution in [0.5, 0.6) is 0 Å². The van der Waals surface area contributed by atoms with Gasteiger partial charge in [0.1, 0.15) is 5.82 Å². The van der Waals surface area contributed by atoms with Crippen LogP contribution in [0, 0.1) is 15.9 Å². The first-order valence-electron chi connectivity index (χ1n) is 6.47. The normalized spacial score (nSPS) is 12.0. The van der Waals surface area contributed by atoms with Gasteiger partial charge < -0.3 is 5.32 Å². The Balaban J connectivity index is 2.27. The molecule has 0 fully saturated rings. The zero-order valence-electron chi connectivity index (χ0n) is 11.3. The van der Waals surface area contributed by atoms with Gasteiger partial charge in [-0.25, -0.2) is 4.39 Å². The molecule has 1 N–H and O–H groups in total. The fraction of sp³-hybridized carbons (Fsp3) is 0.200. The van der Waals surface area contributed by atoms with E-state index >= 15 is 0 Å². The minimum atomic E-state index is -0.510. The lowest BCUT2D eigenvalue weighted by atomic mass is 10.0. The van der Waals surface area contributed by atoms with Gasteiger partial charge in [-0.05, 0) is 18.6 Å². The van der Waals surface area contributed by atoms with Gasteiger partial charge in [-0.15, -0.1) is 0 Å². The van der Waals surface area contributed by atoms with E-state index in [0.29, 0.717) is 17.7 Å². The molecule has 2 aromatic carbocycles. The topological polar surface area (TPSA) is 55.2 Å². The molecular formula is C15H14ClFN2O2. The summed E-state index contributed by atoms with van der Waals surface area (Å²) in [6, 6.07) is 10.4. The van der Waals surface area contributed by atoms with Gasteiger partial charge in [-0.1, -0.05) is 36.7 Å². The number of anilines is 1.